The van der Waals surface area contributed by atoms with Gasteiger partial charge in [-0.25, -0.2) is 13.6 Å². The van der Waals surface area contributed by atoms with Gasteiger partial charge in [-0.05, 0) is 30.7 Å². The maximum atomic E-state index is 11.8. The molecular formula is C10H11F2NO2. The summed E-state index contributed by atoms with van der Waals surface area (Å²) >= 11 is 0. The lowest BCUT2D eigenvalue weighted by molar-refractivity contribution is 0.0160. The van der Waals surface area contributed by atoms with Crippen molar-refractivity contribution in [1.82, 2.24) is 0 Å². The lowest BCUT2D eigenvalue weighted by Crippen LogP contribution is -2.11. The van der Waals surface area contributed by atoms with Crippen LogP contribution in [0.1, 0.15) is 15.9 Å². The smallest absolute Gasteiger partial charge is 0.338 e. The first-order valence-electron chi connectivity index (χ1n) is 4.32. The van der Waals surface area contributed by atoms with E-state index in [1.54, 1.807) is 6.92 Å². The molecule has 0 heterocycles. The van der Waals surface area contributed by atoms with Crippen molar-refractivity contribution < 1.29 is 18.3 Å². The van der Waals surface area contributed by atoms with Crippen LogP contribution in [0.4, 0.5) is 14.5 Å². The lowest BCUT2D eigenvalue weighted by atomic mass is 10.1. The first kappa shape index (κ1) is 11.4. The van der Waals surface area contributed by atoms with Crippen LogP contribution in [-0.2, 0) is 4.74 Å². The van der Waals surface area contributed by atoms with Crippen LogP contribution < -0.4 is 5.73 Å². The highest BCUT2D eigenvalue weighted by atomic mass is 19.3. The summed E-state index contributed by atoms with van der Waals surface area (Å²) in [6.07, 6.45) is -2.65. The maximum Gasteiger partial charge on any atom is 0.338 e. The number of benzene rings is 1. The number of nitrogens with two attached hydrogens (primary N) is 1. The minimum atomic E-state index is -2.65. The predicted molar refractivity (Wildman–Crippen MR) is 51.9 cm³/mol. The zero-order valence-electron chi connectivity index (χ0n) is 8.17. The summed E-state index contributed by atoms with van der Waals surface area (Å²) in [6, 6.07) is 4.48. The largest absolute Gasteiger partial charge is 0.456 e. The van der Waals surface area contributed by atoms with Gasteiger partial charge in [-0.3, -0.25) is 0 Å². The van der Waals surface area contributed by atoms with Crippen LogP contribution in [0, 0.1) is 6.92 Å². The highest BCUT2D eigenvalue weighted by Crippen LogP contribution is 2.13. The van der Waals surface area contributed by atoms with E-state index >= 15 is 0 Å². The molecule has 0 aliphatic carbocycles. The molecule has 0 amide bonds. The Balaban J connectivity index is 2.70. The number of hydrogen-bond donors (Lipinski definition) is 1. The van der Waals surface area contributed by atoms with Crippen molar-refractivity contribution in [3.63, 3.8) is 0 Å². The third-order valence-electron chi connectivity index (χ3n) is 1.85. The minimum absolute atomic E-state index is 0.224. The number of carbonyl (C=O) groups excluding carboxylic acids is 1. The molecule has 1 rings (SSSR count). The summed E-state index contributed by atoms with van der Waals surface area (Å²) in [7, 11) is 0. The summed E-state index contributed by atoms with van der Waals surface area (Å²) < 4.78 is 27.9. The molecule has 0 saturated heterocycles. The number of nitrogen functional groups attached to an aromatic ring is 1. The van der Waals surface area contributed by atoms with Gasteiger partial charge in [0, 0.05) is 5.69 Å². The Bertz CT molecular complexity index is 366. The molecule has 0 unspecified atom stereocenters. The summed E-state index contributed by atoms with van der Waals surface area (Å²) in [6.45, 7) is 0.835. The molecule has 1 aromatic rings. The van der Waals surface area contributed by atoms with Gasteiger partial charge in [0.1, 0.15) is 0 Å². The molecular weight excluding hydrogens is 204 g/mol. The van der Waals surface area contributed by atoms with Crippen LogP contribution in [0.3, 0.4) is 0 Å². The van der Waals surface area contributed by atoms with Crippen LogP contribution >= 0.6 is 0 Å². The Morgan fingerprint density at radius 1 is 1.53 bits per heavy atom. The lowest BCUT2D eigenvalue weighted by Gasteiger charge is -2.05. The Hall–Kier alpha value is -1.65. The molecule has 0 radical (unpaired) electrons. The molecule has 0 aliphatic rings. The quantitative estimate of drug-likeness (QED) is 0.619. The van der Waals surface area contributed by atoms with E-state index < -0.39 is 19.0 Å². The first-order chi connectivity index (χ1) is 7.00. The average molecular weight is 215 g/mol. The van der Waals surface area contributed by atoms with Crippen molar-refractivity contribution >= 4 is 11.7 Å². The number of aryl methyl sites for hydroxylation is 1. The Kier molecular flexibility index (Phi) is 3.60. The number of rotatable bonds is 3. The summed E-state index contributed by atoms with van der Waals surface area (Å²) in [4.78, 5) is 11.2. The van der Waals surface area contributed by atoms with Crippen molar-refractivity contribution in [3.05, 3.63) is 29.3 Å². The highest BCUT2D eigenvalue weighted by molar-refractivity contribution is 5.90. The second kappa shape index (κ2) is 4.72. The Labute approximate surface area is 85.8 Å². The second-order valence-corrected chi connectivity index (χ2v) is 3.06. The molecule has 0 aliphatic heterocycles. The van der Waals surface area contributed by atoms with E-state index in [1.165, 1.54) is 18.2 Å². The monoisotopic (exact) mass is 215 g/mol. The number of esters is 1. The molecule has 0 bridgehead atoms. The molecule has 3 nitrogen and oxygen atoms in total. The maximum absolute atomic E-state index is 11.8. The van der Waals surface area contributed by atoms with Crippen LogP contribution in [0.2, 0.25) is 0 Å². The van der Waals surface area contributed by atoms with Crippen molar-refractivity contribution in [3.8, 4) is 0 Å². The average Bonchev–Trinajstić information content (AvgIpc) is 2.18. The van der Waals surface area contributed by atoms with Gasteiger partial charge in [-0.2, -0.15) is 0 Å². The van der Waals surface area contributed by atoms with Gasteiger partial charge in [0.05, 0.1) is 5.56 Å². The molecule has 15 heavy (non-hydrogen) atoms. The fraction of sp³-hybridized carbons (Fsp3) is 0.300. The van der Waals surface area contributed by atoms with Crippen molar-refractivity contribution in [2.75, 3.05) is 12.3 Å². The fourth-order valence-electron chi connectivity index (χ4n) is 1.02. The van der Waals surface area contributed by atoms with Gasteiger partial charge in [-0.15, -0.1) is 0 Å². The van der Waals surface area contributed by atoms with Gasteiger partial charge in [0.25, 0.3) is 6.43 Å². The number of halogens is 2. The molecule has 1 aromatic carbocycles. The molecule has 0 atom stereocenters. The molecule has 0 spiro atoms. The molecule has 2 N–H and O–H groups in total. The van der Waals surface area contributed by atoms with Crippen LogP contribution in [0.5, 0.6) is 0 Å². The van der Waals surface area contributed by atoms with E-state index in [2.05, 4.69) is 4.74 Å². The highest BCUT2D eigenvalue weighted by Gasteiger charge is 2.11. The van der Waals surface area contributed by atoms with Gasteiger partial charge in [0.15, 0.2) is 6.61 Å². The zero-order valence-corrected chi connectivity index (χ0v) is 8.17. The molecule has 0 fully saturated rings. The van der Waals surface area contributed by atoms with E-state index in [-0.39, 0.29) is 5.56 Å². The summed E-state index contributed by atoms with van der Waals surface area (Å²) in [5.41, 5.74) is 7.02. The van der Waals surface area contributed by atoms with Crippen molar-refractivity contribution in [2.45, 2.75) is 13.3 Å². The van der Waals surface area contributed by atoms with Crippen LogP contribution in [-0.4, -0.2) is 19.0 Å². The van der Waals surface area contributed by atoms with Gasteiger partial charge in [-0.1, -0.05) is 0 Å². The van der Waals surface area contributed by atoms with Crippen molar-refractivity contribution in [1.29, 1.82) is 0 Å². The first-order valence-corrected chi connectivity index (χ1v) is 4.32. The number of hydrogen-bond acceptors (Lipinski definition) is 3. The minimum Gasteiger partial charge on any atom is -0.456 e. The van der Waals surface area contributed by atoms with Crippen molar-refractivity contribution in [2.24, 2.45) is 0 Å². The summed E-state index contributed by atoms with van der Waals surface area (Å²) in [5, 5.41) is 0. The second-order valence-electron chi connectivity index (χ2n) is 3.06. The number of ether oxygens (including phenoxy) is 1. The molecule has 5 heteroatoms. The van der Waals surface area contributed by atoms with E-state index in [0.29, 0.717) is 11.3 Å². The Morgan fingerprint density at radius 3 is 2.73 bits per heavy atom. The van der Waals surface area contributed by atoms with Gasteiger partial charge in [0.2, 0.25) is 0 Å². The molecule has 0 saturated carbocycles. The van der Waals surface area contributed by atoms with E-state index in [4.69, 9.17) is 5.73 Å². The SMILES string of the molecule is Cc1cc(C(=O)OCC(F)F)ccc1N. The Morgan fingerprint density at radius 2 is 2.20 bits per heavy atom. The van der Waals surface area contributed by atoms with E-state index in [1.807, 2.05) is 0 Å². The third kappa shape index (κ3) is 3.19. The number of anilines is 1. The third-order valence-corrected chi connectivity index (χ3v) is 1.85. The topological polar surface area (TPSA) is 52.3 Å². The number of alkyl halides is 2. The predicted octanol–water partition coefficient (Wildman–Crippen LogP) is 2.00. The fourth-order valence-corrected chi connectivity index (χ4v) is 1.02. The van der Waals surface area contributed by atoms with Gasteiger partial charge < -0.3 is 10.5 Å². The van der Waals surface area contributed by atoms with Crippen LogP contribution in [0.15, 0.2) is 18.2 Å². The van der Waals surface area contributed by atoms with E-state index in [0.717, 1.165) is 0 Å². The normalized spacial score (nSPS) is 10.4. The summed E-state index contributed by atoms with van der Waals surface area (Å²) in [5.74, 6) is -0.765. The zero-order chi connectivity index (χ0) is 11.4. The standard InChI is InChI=1S/C10H11F2NO2/c1-6-4-7(2-3-8(6)13)10(14)15-5-9(11)12/h2-4,9H,5,13H2,1H3. The van der Waals surface area contributed by atoms with E-state index in [9.17, 15) is 13.6 Å². The molecule has 82 valence electrons. The van der Waals surface area contributed by atoms with Gasteiger partial charge >= 0.3 is 5.97 Å². The molecule has 0 aromatic heterocycles. The van der Waals surface area contributed by atoms with Crippen LogP contribution in [0.25, 0.3) is 0 Å². The number of carbonyl (C=O) groups is 1.